The van der Waals surface area contributed by atoms with Crippen molar-refractivity contribution in [2.24, 2.45) is 11.8 Å². The van der Waals surface area contributed by atoms with Gasteiger partial charge in [-0.2, -0.15) is 0 Å². The number of ketones is 1. The van der Waals surface area contributed by atoms with E-state index in [1.165, 1.54) is 0 Å². The summed E-state index contributed by atoms with van der Waals surface area (Å²) in [5, 5.41) is 0. The molecule has 0 spiro atoms. The van der Waals surface area contributed by atoms with Gasteiger partial charge in [-0.25, -0.2) is 0 Å². The second-order valence-electron chi connectivity index (χ2n) is 2.66. The van der Waals surface area contributed by atoms with Crippen molar-refractivity contribution in [1.82, 2.24) is 0 Å². The van der Waals surface area contributed by atoms with Crippen LogP contribution in [-0.4, -0.2) is 5.78 Å². The molecule has 2 rings (SSSR count). The number of Topliss-reactive ketones (excluding diaryl/α,β-unsaturated/α-hetero) is 1. The fourth-order valence-electron chi connectivity index (χ4n) is 1.57. The maximum absolute atomic E-state index is 10.8. The molecule has 2 aliphatic rings. The Kier molecular flexibility index (Phi) is 0.655. The number of rotatable bonds is 0. The van der Waals surface area contributed by atoms with Gasteiger partial charge in [-0.3, -0.25) is 4.79 Å². The Morgan fingerprint density at radius 1 is 1.50 bits per heavy atom. The Hall–Kier alpha value is -0.590. The maximum Gasteiger partial charge on any atom is 0.140 e. The highest BCUT2D eigenvalue weighted by Crippen LogP contribution is 2.35. The zero-order valence-corrected chi connectivity index (χ0v) is 4.63. The maximum atomic E-state index is 10.8. The van der Waals surface area contributed by atoms with E-state index in [1.807, 2.05) is 0 Å². The molecule has 2 aliphatic carbocycles. The minimum atomic E-state index is 0.319. The van der Waals surface area contributed by atoms with Gasteiger partial charge in [-0.15, -0.1) is 0 Å². The van der Waals surface area contributed by atoms with Crippen LogP contribution in [0.4, 0.5) is 0 Å². The Morgan fingerprint density at radius 3 is 2.62 bits per heavy atom. The Morgan fingerprint density at radius 2 is 2.38 bits per heavy atom. The van der Waals surface area contributed by atoms with Gasteiger partial charge in [0.1, 0.15) is 5.78 Å². The van der Waals surface area contributed by atoms with E-state index < -0.39 is 0 Å². The van der Waals surface area contributed by atoms with E-state index in [4.69, 9.17) is 0 Å². The molecule has 0 heterocycles. The lowest BCUT2D eigenvalue weighted by atomic mass is 10.1. The van der Waals surface area contributed by atoms with Crippen LogP contribution in [0, 0.1) is 11.8 Å². The van der Waals surface area contributed by atoms with Crippen LogP contribution >= 0.6 is 0 Å². The van der Waals surface area contributed by atoms with E-state index in [0.29, 0.717) is 17.6 Å². The summed E-state index contributed by atoms with van der Waals surface area (Å²) in [6.45, 7) is 0. The molecule has 1 heteroatoms. The van der Waals surface area contributed by atoms with Crippen LogP contribution in [0.1, 0.15) is 12.8 Å². The first-order chi connectivity index (χ1) is 3.86. The second-order valence-corrected chi connectivity index (χ2v) is 2.66. The highest BCUT2D eigenvalue weighted by atomic mass is 16.1. The van der Waals surface area contributed by atoms with Crippen molar-refractivity contribution < 1.29 is 4.79 Å². The van der Waals surface area contributed by atoms with E-state index >= 15 is 0 Å². The van der Waals surface area contributed by atoms with Crippen LogP contribution in [0.2, 0.25) is 0 Å². The summed E-state index contributed by atoms with van der Waals surface area (Å²) in [5.74, 6) is 1.39. The van der Waals surface area contributed by atoms with Crippen LogP contribution in [0.5, 0.6) is 0 Å². The third-order valence-corrected chi connectivity index (χ3v) is 2.05. The standard InChI is InChI=1S/C7H8O/c8-7-4-5-1-2-6(7)3-5/h1-2,5-6H,3-4H2/t5-,6?/m0/s1. The highest BCUT2D eigenvalue weighted by molar-refractivity contribution is 5.86. The minimum Gasteiger partial charge on any atom is -0.299 e. The summed E-state index contributed by atoms with van der Waals surface area (Å²) in [6.07, 6.45) is 6.16. The summed E-state index contributed by atoms with van der Waals surface area (Å²) in [5.41, 5.74) is 0. The molecule has 0 radical (unpaired) electrons. The van der Waals surface area contributed by atoms with Crippen molar-refractivity contribution in [3.8, 4) is 0 Å². The van der Waals surface area contributed by atoms with Crippen molar-refractivity contribution in [2.75, 3.05) is 0 Å². The highest BCUT2D eigenvalue weighted by Gasteiger charge is 2.33. The van der Waals surface area contributed by atoms with Gasteiger partial charge in [0.15, 0.2) is 0 Å². The van der Waals surface area contributed by atoms with E-state index in [1.54, 1.807) is 0 Å². The van der Waals surface area contributed by atoms with Crippen LogP contribution in [0.3, 0.4) is 0 Å². The van der Waals surface area contributed by atoms with Crippen molar-refractivity contribution in [1.29, 1.82) is 0 Å². The molecule has 0 saturated heterocycles. The lowest BCUT2D eigenvalue weighted by Gasteiger charge is -1.96. The molecule has 0 aromatic heterocycles. The van der Waals surface area contributed by atoms with E-state index in [2.05, 4.69) is 12.2 Å². The lowest BCUT2D eigenvalue weighted by molar-refractivity contribution is -0.119. The largest absolute Gasteiger partial charge is 0.299 e. The predicted molar refractivity (Wildman–Crippen MR) is 30.4 cm³/mol. The number of carbonyl (C=O) groups is 1. The van der Waals surface area contributed by atoms with Crippen LogP contribution in [0.25, 0.3) is 0 Å². The molecule has 1 saturated carbocycles. The Labute approximate surface area is 48.4 Å². The summed E-state index contributed by atoms with van der Waals surface area (Å²) >= 11 is 0. The Bertz CT molecular complexity index is 158. The topological polar surface area (TPSA) is 17.1 Å². The van der Waals surface area contributed by atoms with Gasteiger partial charge >= 0.3 is 0 Å². The van der Waals surface area contributed by atoms with Gasteiger partial charge < -0.3 is 0 Å². The average Bonchev–Trinajstić information content (AvgIpc) is 2.23. The molecule has 1 nitrogen and oxygen atoms in total. The minimum absolute atomic E-state index is 0.319. The molecule has 0 aromatic carbocycles. The molecule has 1 unspecified atom stereocenters. The number of hydrogen-bond donors (Lipinski definition) is 0. The van der Waals surface area contributed by atoms with E-state index in [-0.39, 0.29) is 0 Å². The summed E-state index contributed by atoms with van der Waals surface area (Å²) in [6, 6.07) is 0. The first-order valence-electron chi connectivity index (χ1n) is 3.07. The molecule has 2 bridgehead atoms. The molecule has 8 heavy (non-hydrogen) atoms. The number of carbonyl (C=O) groups excluding carboxylic acids is 1. The van der Waals surface area contributed by atoms with Crippen LogP contribution < -0.4 is 0 Å². The van der Waals surface area contributed by atoms with Gasteiger partial charge in [-0.05, 0) is 12.3 Å². The van der Waals surface area contributed by atoms with Crippen LogP contribution in [-0.2, 0) is 4.79 Å². The first-order valence-corrected chi connectivity index (χ1v) is 3.07. The third-order valence-electron chi connectivity index (χ3n) is 2.05. The molecule has 1 fully saturated rings. The number of hydrogen-bond acceptors (Lipinski definition) is 1. The monoisotopic (exact) mass is 108 g/mol. The molecule has 0 aliphatic heterocycles. The van der Waals surface area contributed by atoms with Gasteiger partial charge in [0.05, 0.1) is 0 Å². The first kappa shape index (κ1) is 4.30. The zero-order chi connectivity index (χ0) is 5.56. The SMILES string of the molecule is O=C1C[C@H]2C=CC1C2. The van der Waals surface area contributed by atoms with Gasteiger partial charge in [0.2, 0.25) is 0 Å². The molecule has 42 valence electrons. The van der Waals surface area contributed by atoms with E-state index in [0.717, 1.165) is 12.8 Å². The second kappa shape index (κ2) is 1.22. The summed E-state index contributed by atoms with van der Waals surface area (Å²) in [7, 11) is 0. The Balaban J connectivity index is 2.35. The van der Waals surface area contributed by atoms with Crippen molar-refractivity contribution in [3.05, 3.63) is 12.2 Å². The zero-order valence-electron chi connectivity index (χ0n) is 4.63. The lowest BCUT2D eigenvalue weighted by Crippen LogP contribution is -2.02. The fourth-order valence-corrected chi connectivity index (χ4v) is 1.57. The van der Waals surface area contributed by atoms with Gasteiger partial charge in [0, 0.05) is 12.3 Å². The molecule has 0 N–H and O–H groups in total. The van der Waals surface area contributed by atoms with Gasteiger partial charge in [0.25, 0.3) is 0 Å². The smallest absolute Gasteiger partial charge is 0.140 e. The predicted octanol–water partition coefficient (Wildman–Crippen LogP) is 1.15. The normalized spacial score (nSPS) is 41.8. The fraction of sp³-hybridized carbons (Fsp3) is 0.571. The quantitative estimate of drug-likeness (QED) is 0.425. The van der Waals surface area contributed by atoms with Crippen molar-refractivity contribution in [2.45, 2.75) is 12.8 Å². The number of fused-ring (bicyclic) bond motifs is 2. The third kappa shape index (κ3) is 0.391. The molecule has 0 amide bonds. The molecular weight excluding hydrogens is 100 g/mol. The summed E-state index contributed by atoms with van der Waals surface area (Å²) in [4.78, 5) is 10.8. The molecule has 0 aromatic rings. The van der Waals surface area contributed by atoms with Crippen molar-refractivity contribution in [3.63, 3.8) is 0 Å². The van der Waals surface area contributed by atoms with E-state index in [9.17, 15) is 4.79 Å². The number of allylic oxidation sites excluding steroid dienone is 2. The average molecular weight is 108 g/mol. The summed E-state index contributed by atoms with van der Waals surface area (Å²) < 4.78 is 0. The van der Waals surface area contributed by atoms with Crippen molar-refractivity contribution >= 4 is 5.78 Å². The van der Waals surface area contributed by atoms with Gasteiger partial charge in [-0.1, -0.05) is 12.2 Å². The molecule has 2 atom stereocenters. The molecular formula is C7H8O. The van der Waals surface area contributed by atoms with Crippen LogP contribution in [0.15, 0.2) is 12.2 Å².